The number of ketones is 1. The van der Waals surface area contributed by atoms with Gasteiger partial charge >= 0.3 is 0 Å². The number of sulfonamides is 1. The largest absolute Gasteiger partial charge is 0.301 e. The van der Waals surface area contributed by atoms with Crippen LogP contribution in [0.15, 0.2) is 59.5 Å². The minimum Gasteiger partial charge on any atom is -0.301 e. The van der Waals surface area contributed by atoms with Crippen LogP contribution in [0.2, 0.25) is 0 Å². The van der Waals surface area contributed by atoms with Crippen molar-refractivity contribution < 1.29 is 13.2 Å². The molecular formula is C21H28N2O3S. The molecule has 0 saturated carbocycles. The zero-order chi connectivity index (χ0) is 20.2. The number of hydrogen-bond acceptors (Lipinski definition) is 4. The molecule has 0 aliphatic heterocycles. The van der Waals surface area contributed by atoms with Gasteiger partial charge in [-0.3, -0.25) is 4.79 Å². The van der Waals surface area contributed by atoms with Crippen molar-refractivity contribution in [2.45, 2.75) is 37.8 Å². The molecule has 2 aromatic carbocycles. The number of benzene rings is 2. The number of nitrogens with one attached hydrogen (secondary N) is 1. The van der Waals surface area contributed by atoms with E-state index in [-0.39, 0.29) is 28.7 Å². The Morgan fingerprint density at radius 1 is 0.926 bits per heavy atom. The molecule has 0 fully saturated rings. The molecule has 0 amide bonds. The van der Waals surface area contributed by atoms with Crippen LogP contribution in [0.4, 0.5) is 0 Å². The average molecular weight is 389 g/mol. The summed E-state index contributed by atoms with van der Waals surface area (Å²) in [5.74, 6) is -0.130. The maximum atomic E-state index is 12.8. The zero-order valence-electron chi connectivity index (χ0n) is 16.5. The van der Waals surface area contributed by atoms with Gasteiger partial charge in [-0.2, -0.15) is 0 Å². The smallest absolute Gasteiger partial charge is 0.240 e. The Morgan fingerprint density at radius 2 is 1.48 bits per heavy atom. The third-order valence-corrected chi connectivity index (χ3v) is 6.06. The molecule has 27 heavy (non-hydrogen) atoms. The first-order chi connectivity index (χ1) is 12.6. The highest BCUT2D eigenvalue weighted by molar-refractivity contribution is 7.89. The van der Waals surface area contributed by atoms with Crippen LogP contribution < -0.4 is 4.72 Å². The van der Waals surface area contributed by atoms with Crippen molar-refractivity contribution in [2.75, 3.05) is 14.1 Å². The van der Waals surface area contributed by atoms with E-state index < -0.39 is 10.0 Å². The quantitative estimate of drug-likeness (QED) is 0.703. The van der Waals surface area contributed by atoms with Gasteiger partial charge in [0.25, 0.3) is 0 Å². The molecule has 0 spiro atoms. The number of likely N-dealkylation sites (N-methyl/N-ethyl adjacent to an activating group) is 1. The number of rotatable bonds is 8. The molecule has 146 valence electrons. The van der Waals surface area contributed by atoms with E-state index in [9.17, 15) is 13.2 Å². The maximum Gasteiger partial charge on any atom is 0.240 e. The number of nitrogens with zero attached hydrogens (tertiary/aromatic N) is 1. The monoisotopic (exact) mass is 388 g/mol. The summed E-state index contributed by atoms with van der Waals surface area (Å²) in [6, 6.07) is 15.5. The predicted molar refractivity (Wildman–Crippen MR) is 108 cm³/mol. The molecule has 0 aromatic heterocycles. The second-order valence-electron chi connectivity index (χ2n) is 7.27. The summed E-state index contributed by atoms with van der Waals surface area (Å²) in [7, 11) is 0.154. The summed E-state index contributed by atoms with van der Waals surface area (Å²) in [5, 5.41) is 0. The third-order valence-electron chi connectivity index (χ3n) is 4.49. The van der Waals surface area contributed by atoms with Crippen molar-refractivity contribution in [3.63, 3.8) is 0 Å². The van der Waals surface area contributed by atoms with Crippen LogP contribution in [-0.2, 0) is 10.0 Å². The van der Waals surface area contributed by atoms with Crippen LogP contribution in [0.5, 0.6) is 0 Å². The van der Waals surface area contributed by atoms with Gasteiger partial charge in [0.1, 0.15) is 0 Å². The summed E-state index contributed by atoms with van der Waals surface area (Å²) >= 11 is 0. The summed E-state index contributed by atoms with van der Waals surface area (Å²) in [6.07, 6.45) is 0. The van der Waals surface area contributed by atoms with Crippen LogP contribution in [0.1, 0.15) is 42.7 Å². The minimum atomic E-state index is -3.70. The lowest BCUT2D eigenvalue weighted by Crippen LogP contribution is -2.42. The number of carbonyl (C=O) groups is 1. The van der Waals surface area contributed by atoms with Gasteiger partial charge in [-0.25, -0.2) is 13.1 Å². The van der Waals surface area contributed by atoms with Crippen molar-refractivity contribution in [2.24, 2.45) is 5.92 Å². The lowest BCUT2D eigenvalue weighted by molar-refractivity contribution is 0.0939. The van der Waals surface area contributed by atoms with E-state index in [2.05, 4.69) is 4.72 Å². The normalized spacial score (nSPS) is 14.3. The van der Waals surface area contributed by atoms with Crippen molar-refractivity contribution in [3.8, 4) is 0 Å². The minimum absolute atomic E-state index is 0.00275. The molecule has 0 saturated heterocycles. The second kappa shape index (κ2) is 8.78. The summed E-state index contributed by atoms with van der Waals surface area (Å²) in [6.45, 7) is 5.49. The lowest BCUT2D eigenvalue weighted by Gasteiger charge is -2.31. The Balaban J connectivity index is 2.22. The first-order valence-electron chi connectivity index (χ1n) is 9.01. The van der Waals surface area contributed by atoms with Gasteiger partial charge in [0.05, 0.1) is 10.9 Å². The molecule has 0 radical (unpaired) electrons. The molecule has 2 rings (SSSR count). The highest BCUT2D eigenvalue weighted by Gasteiger charge is 2.26. The van der Waals surface area contributed by atoms with Crippen LogP contribution in [0, 0.1) is 5.92 Å². The van der Waals surface area contributed by atoms with E-state index in [0.717, 1.165) is 5.56 Å². The predicted octanol–water partition coefficient (Wildman–Crippen LogP) is 3.50. The fraction of sp³-hybridized carbons (Fsp3) is 0.381. The van der Waals surface area contributed by atoms with Crippen molar-refractivity contribution in [1.29, 1.82) is 0 Å². The van der Waals surface area contributed by atoms with E-state index in [0.29, 0.717) is 5.56 Å². The molecule has 0 bridgehead atoms. The van der Waals surface area contributed by atoms with E-state index in [1.54, 1.807) is 12.1 Å². The van der Waals surface area contributed by atoms with Crippen LogP contribution in [0.3, 0.4) is 0 Å². The molecule has 1 N–H and O–H groups in total. The van der Waals surface area contributed by atoms with Crippen molar-refractivity contribution >= 4 is 15.8 Å². The maximum absolute atomic E-state index is 12.8. The van der Waals surface area contributed by atoms with Crippen LogP contribution >= 0.6 is 0 Å². The van der Waals surface area contributed by atoms with Crippen molar-refractivity contribution in [1.82, 2.24) is 9.62 Å². The summed E-state index contributed by atoms with van der Waals surface area (Å²) in [5.41, 5.74) is 1.56. The van der Waals surface area contributed by atoms with Gasteiger partial charge in [-0.05, 0) is 38.7 Å². The molecule has 5 nitrogen and oxygen atoms in total. The third kappa shape index (κ3) is 5.25. The fourth-order valence-electron chi connectivity index (χ4n) is 3.19. The molecule has 2 atom stereocenters. The Kier molecular flexibility index (Phi) is 6.92. The zero-order valence-corrected chi connectivity index (χ0v) is 17.3. The Hall–Kier alpha value is -2.02. The fourth-order valence-corrected chi connectivity index (χ4v) is 4.44. The molecule has 0 aliphatic rings. The molecular weight excluding hydrogens is 360 g/mol. The van der Waals surface area contributed by atoms with Gasteiger partial charge in [-0.1, -0.05) is 56.3 Å². The standard InChI is InChI=1S/C21H28N2O3S/c1-15(2)21(24)18-11-13-19(14-12-18)27(25,26)22-16(3)20(23(4)5)17-9-7-6-8-10-17/h6-16,20,22H,1-5H3/t16-,20+/m0/s1. The van der Waals surface area contributed by atoms with E-state index in [4.69, 9.17) is 0 Å². The second-order valence-corrected chi connectivity index (χ2v) is 8.99. The highest BCUT2D eigenvalue weighted by Crippen LogP contribution is 2.23. The number of Topliss-reactive ketones (excluding diaryl/α,β-unsaturated/α-hetero) is 1. The van der Waals surface area contributed by atoms with E-state index in [1.165, 1.54) is 12.1 Å². The molecule has 0 heterocycles. The van der Waals surface area contributed by atoms with Gasteiger partial charge in [0.2, 0.25) is 10.0 Å². The van der Waals surface area contributed by atoms with Crippen LogP contribution in [0.25, 0.3) is 0 Å². The molecule has 6 heteroatoms. The topological polar surface area (TPSA) is 66.5 Å². The number of hydrogen-bond donors (Lipinski definition) is 1. The van der Waals surface area contributed by atoms with Gasteiger partial charge in [-0.15, -0.1) is 0 Å². The molecule has 0 unspecified atom stereocenters. The highest BCUT2D eigenvalue weighted by atomic mass is 32.2. The van der Waals surface area contributed by atoms with E-state index >= 15 is 0 Å². The average Bonchev–Trinajstić information content (AvgIpc) is 2.61. The summed E-state index contributed by atoms with van der Waals surface area (Å²) < 4.78 is 28.4. The first-order valence-corrected chi connectivity index (χ1v) is 10.5. The Morgan fingerprint density at radius 3 is 1.96 bits per heavy atom. The SMILES string of the molecule is CC(C)C(=O)c1ccc(S(=O)(=O)N[C@@H](C)[C@H](c2ccccc2)N(C)C)cc1. The van der Waals surface area contributed by atoms with Gasteiger partial charge in [0.15, 0.2) is 5.78 Å². The summed E-state index contributed by atoms with van der Waals surface area (Å²) in [4.78, 5) is 14.2. The van der Waals surface area contributed by atoms with Crippen LogP contribution in [-0.4, -0.2) is 39.2 Å². The van der Waals surface area contributed by atoms with Gasteiger partial charge < -0.3 is 4.90 Å². The number of carbonyl (C=O) groups excluding carboxylic acids is 1. The lowest BCUT2D eigenvalue weighted by atomic mass is 10.0. The Bertz CT molecular complexity index is 860. The van der Waals surface area contributed by atoms with Crippen molar-refractivity contribution in [3.05, 3.63) is 65.7 Å². The Labute approximate surface area is 162 Å². The van der Waals surface area contributed by atoms with Gasteiger partial charge in [0, 0.05) is 17.5 Å². The van der Waals surface area contributed by atoms with E-state index in [1.807, 2.05) is 70.1 Å². The molecule has 2 aromatic rings. The first kappa shape index (κ1) is 21.3. The molecule has 0 aliphatic carbocycles.